The Kier molecular flexibility index (Phi) is 9.83. The molecule has 0 radical (unpaired) electrons. The first kappa shape index (κ1) is 31.4. The van der Waals surface area contributed by atoms with Gasteiger partial charge in [0.05, 0.1) is 16.4 Å². The highest BCUT2D eigenvalue weighted by Crippen LogP contribution is 2.26. The molecule has 4 aromatic rings. The first-order valence-corrected chi connectivity index (χ1v) is 15.2. The number of rotatable bonds is 8. The summed E-state index contributed by atoms with van der Waals surface area (Å²) in [6.45, 7) is 4.21. The first-order valence-electron chi connectivity index (χ1n) is 13.4. The monoisotopic (exact) mass is 629 g/mol. The molecule has 0 aliphatic carbocycles. The van der Waals surface area contributed by atoms with Crippen molar-refractivity contribution < 1.29 is 13.2 Å². The molecule has 2 N–H and O–H groups in total. The summed E-state index contributed by atoms with van der Waals surface area (Å²) in [5.41, 5.74) is 1.83. The van der Waals surface area contributed by atoms with E-state index in [4.69, 9.17) is 11.6 Å². The molecule has 1 aliphatic heterocycles. The molecular weight excluding hydrogens is 597 g/mol. The van der Waals surface area contributed by atoms with Gasteiger partial charge in [-0.3, -0.25) is 23.9 Å². The lowest BCUT2D eigenvalue weighted by atomic mass is 10.0. The van der Waals surface area contributed by atoms with Gasteiger partial charge in [0.1, 0.15) is 10.6 Å². The van der Waals surface area contributed by atoms with E-state index in [1.165, 1.54) is 28.4 Å². The van der Waals surface area contributed by atoms with Gasteiger partial charge in [0.2, 0.25) is 0 Å². The summed E-state index contributed by atoms with van der Waals surface area (Å²) in [5, 5.41) is 2.98. The Morgan fingerprint density at radius 2 is 1.60 bits per heavy atom. The van der Waals surface area contributed by atoms with Gasteiger partial charge in [-0.2, -0.15) is 0 Å². The maximum absolute atomic E-state index is 13.4. The molecule has 0 atom stereocenters. The highest BCUT2D eigenvalue weighted by molar-refractivity contribution is 7.92. The standard InChI is InChI=1S/C30H32ClN5O4S.ClH/c1-21-28(30(38)36(34(21)2)25-11-7-4-8-12-25)33-41(39,40)27-19-23(13-14-26(27)31)29(37)32-24-15-17-35(18-16-24)20-22-9-5-3-6-10-22;/h3-14,19,24,33H,15-18,20H2,1-2H3,(H,32,37);1H. The molecule has 12 heteroatoms. The predicted octanol–water partition coefficient (Wildman–Crippen LogP) is 4.75. The number of carbonyl (C=O) groups is 1. The molecule has 1 aliphatic rings. The summed E-state index contributed by atoms with van der Waals surface area (Å²) in [6, 6.07) is 23.3. The Labute approximate surface area is 256 Å². The third kappa shape index (κ3) is 6.73. The van der Waals surface area contributed by atoms with Crippen molar-refractivity contribution in [2.24, 2.45) is 7.05 Å². The van der Waals surface area contributed by atoms with Gasteiger partial charge in [-0.1, -0.05) is 60.1 Å². The summed E-state index contributed by atoms with van der Waals surface area (Å²) in [4.78, 5) is 28.4. The van der Waals surface area contributed by atoms with Crippen LogP contribution < -0.4 is 15.6 Å². The number of anilines is 1. The number of carbonyl (C=O) groups excluding carboxylic acids is 1. The average molecular weight is 631 g/mol. The number of likely N-dealkylation sites (tertiary alicyclic amines) is 1. The molecule has 222 valence electrons. The zero-order chi connectivity index (χ0) is 29.1. The van der Waals surface area contributed by atoms with E-state index >= 15 is 0 Å². The van der Waals surface area contributed by atoms with Crippen molar-refractivity contribution in [3.63, 3.8) is 0 Å². The van der Waals surface area contributed by atoms with Gasteiger partial charge in [-0.05, 0) is 55.7 Å². The molecule has 0 spiro atoms. The summed E-state index contributed by atoms with van der Waals surface area (Å²) in [5.74, 6) is -0.373. The fourth-order valence-corrected chi connectivity index (χ4v) is 6.71. The van der Waals surface area contributed by atoms with Crippen molar-refractivity contribution in [3.8, 4) is 5.69 Å². The van der Waals surface area contributed by atoms with E-state index in [-0.39, 0.29) is 45.5 Å². The van der Waals surface area contributed by atoms with Crippen LogP contribution in [-0.2, 0) is 23.6 Å². The quantitative estimate of drug-likeness (QED) is 0.292. The average Bonchev–Trinajstić information content (AvgIpc) is 3.17. The number of hydrogen-bond donors (Lipinski definition) is 2. The van der Waals surface area contributed by atoms with Crippen LogP contribution in [0.25, 0.3) is 5.69 Å². The molecular formula is C30H33Cl2N5O4S. The summed E-state index contributed by atoms with van der Waals surface area (Å²) < 4.78 is 32.3. The maximum atomic E-state index is 13.4. The maximum Gasteiger partial charge on any atom is 0.296 e. The predicted molar refractivity (Wildman–Crippen MR) is 167 cm³/mol. The van der Waals surface area contributed by atoms with Crippen molar-refractivity contribution in [1.82, 2.24) is 19.6 Å². The molecule has 0 saturated carbocycles. The largest absolute Gasteiger partial charge is 0.349 e. The van der Waals surface area contributed by atoms with Gasteiger partial charge in [-0.15, -0.1) is 12.4 Å². The van der Waals surface area contributed by atoms with Gasteiger partial charge in [0, 0.05) is 38.3 Å². The van der Waals surface area contributed by atoms with E-state index in [1.54, 1.807) is 42.9 Å². The van der Waals surface area contributed by atoms with Crippen molar-refractivity contribution in [2.45, 2.75) is 37.2 Å². The van der Waals surface area contributed by atoms with Crippen LogP contribution in [0.3, 0.4) is 0 Å². The Morgan fingerprint density at radius 3 is 2.24 bits per heavy atom. The number of nitrogens with one attached hydrogen (secondary N) is 2. The van der Waals surface area contributed by atoms with Crippen LogP contribution in [0.5, 0.6) is 0 Å². The number of hydrogen-bond acceptors (Lipinski definition) is 5. The van der Waals surface area contributed by atoms with E-state index in [9.17, 15) is 18.0 Å². The lowest BCUT2D eigenvalue weighted by Gasteiger charge is -2.32. The first-order chi connectivity index (χ1) is 19.6. The van der Waals surface area contributed by atoms with Crippen molar-refractivity contribution >= 4 is 45.6 Å². The topological polar surface area (TPSA) is 105 Å². The second-order valence-electron chi connectivity index (χ2n) is 10.2. The number of halogens is 2. The second-order valence-corrected chi connectivity index (χ2v) is 12.3. The molecule has 42 heavy (non-hydrogen) atoms. The molecule has 1 fully saturated rings. The van der Waals surface area contributed by atoms with Crippen LogP contribution in [-0.4, -0.2) is 47.7 Å². The Morgan fingerprint density at radius 1 is 0.976 bits per heavy atom. The van der Waals surface area contributed by atoms with Crippen molar-refractivity contribution in [3.05, 3.63) is 111 Å². The number of piperidine rings is 1. The Balaban J connectivity index is 0.00000405. The number of nitrogens with zero attached hydrogens (tertiary/aromatic N) is 3. The molecule has 1 saturated heterocycles. The van der Waals surface area contributed by atoms with Crippen LogP contribution in [0.4, 0.5) is 5.69 Å². The van der Waals surface area contributed by atoms with E-state index in [0.29, 0.717) is 11.4 Å². The van der Waals surface area contributed by atoms with Crippen LogP contribution >= 0.6 is 24.0 Å². The smallest absolute Gasteiger partial charge is 0.296 e. The minimum Gasteiger partial charge on any atom is -0.349 e. The number of sulfonamides is 1. The molecule has 1 amide bonds. The molecule has 5 rings (SSSR count). The Bertz CT molecular complexity index is 1720. The van der Waals surface area contributed by atoms with E-state index in [0.717, 1.165) is 32.5 Å². The van der Waals surface area contributed by atoms with Gasteiger partial charge in [0.25, 0.3) is 21.5 Å². The SMILES string of the molecule is Cc1c(NS(=O)(=O)c2cc(C(=O)NC3CCN(Cc4ccccc4)CC3)ccc2Cl)c(=O)n(-c2ccccc2)n1C.Cl. The third-order valence-corrected chi connectivity index (χ3v) is 9.28. The highest BCUT2D eigenvalue weighted by atomic mass is 35.5. The molecule has 9 nitrogen and oxygen atoms in total. The second kappa shape index (κ2) is 13.2. The number of aromatic nitrogens is 2. The van der Waals surface area contributed by atoms with Crippen LogP contribution in [0.15, 0.2) is 88.6 Å². The van der Waals surface area contributed by atoms with Crippen LogP contribution in [0.2, 0.25) is 5.02 Å². The van der Waals surface area contributed by atoms with E-state index < -0.39 is 15.6 Å². The summed E-state index contributed by atoms with van der Waals surface area (Å²) >= 11 is 6.29. The van der Waals surface area contributed by atoms with Crippen LogP contribution in [0.1, 0.15) is 34.5 Å². The molecule has 0 unspecified atom stereocenters. The van der Waals surface area contributed by atoms with Crippen molar-refractivity contribution in [1.29, 1.82) is 0 Å². The lowest BCUT2D eigenvalue weighted by molar-refractivity contribution is 0.0908. The normalized spacial score (nSPS) is 14.3. The zero-order valence-corrected chi connectivity index (χ0v) is 25.7. The van der Waals surface area contributed by atoms with Gasteiger partial charge < -0.3 is 5.32 Å². The number of benzene rings is 3. The minimum atomic E-state index is -4.30. The summed E-state index contributed by atoms with van der Waals surface area (Å²) in [6.07, 6.45) is 1.58. The van der Waals surface area contributed by atoms with Gasteiger partial charge in [0.15, 0.2) is 0 Å². The molecule has 0 bridgehead atoms. The fourth-order valence-electron chi connectivity index (χ4n) is 5.07. The third-order valence-electron chi connectivity index (χ3n) is 7.45. The Hall–Kier alpha value is -3.57. The fraction of sp³-hybridized carbons (Fsp3) is 0.267. The van der Waals surface area contributed by atoms with Crippen LogP contribution in [0, 0.1) is 6.92 Å². The molecule has 3 aromatic carbocycles. The summed E-state index contributed by atoms with van der Waals surface area (Å²) in [7, 11) is -2.62. The zero-order valence-electron chi connectivity index (χ0n) is 23.3. The lowest BCUT2D eigenvalue weighted by Crippen LogP contribution is -2.44. The van der Waals surface area contributed by atoms with Crippen molar-refractivity contribution in [2.75, 3.05) is 17.8 Å². The molecule has 1 aromatic heterocycles. The van der Waals surface area contributed by atoms with E-state index in [2.05, 4.69) is 27.1 Å². The number of para-hydroxylation sites is 1. The van der Waals surface area contributed by atoms with E-state index in [1.807, 2.05) is 24.3 Å². The van der Waals surface area contributed by atoms with Gasteiger partial charge in [-0.25, -0.2) is 13.1 Å². The van der Waals surface area contributed by atoms with Gasteiger partial charge >= 0.3 is 0 Å². The highest BCUT2D eigenvalue weighted by Gasteiger charge is 2.26. The molecule has 2 heterocycles. The minimum absolute atomic E-state index is 0. The number of amides is 1.